The normalized spacial score (nSPS) is 19.3. The molecule has 0 radical (unpaired) electrons. The van der Waals surface area contributed by atoms with Crippen LogP contribution in [0.2, 0.25) is 0 Å². The lowest BCUT2D eigenvalue weighted by atomic mass is 9.86. The van der Waals surface area contributed by atoms with Crippen molar-refractivity contribution >= 4 is 34.5 Å². The maximum absolute atomic E-state index is 13.2. The number of ether oxygens (including phenoxy) is 2. The van der Waals surface area contributed by atoms with Gasteiger partial charge in [0.1, 0.15) is 5.75 Å². The van der Waals surface area contributed by atoms with Crippen molar-refractivity contribution in [3.63, 3.8) is 0 Å². The third kappa shape index (κ3) is 3.65. The molecule has 1 N–H and O–H groups in total. The first kappa shape index (κ1) is 19.3. The lowest BCUT2D eigenvalue weighted by Crippen LogP contribution is -2.24. The molecule has 2 aliphatic rings. The predicted octanol–water partition coefficient (Wildman–Crippen LogP) is 4.29. The zero-order chi connectivity index (χ0) is 21.4. The average molecular weight is 415 g/mol. The quantitative estimate of drug-likeness (QED) is 0.643. The van der Waals surface area contributed by atoms with Crippen molar-refractivity contribution in [1.29, 1.82) is 0 Å². The number of esters is 2. The number of allylic oxidation sites excluding steroid dienone is 1. The second-order valence-electron chi connectivity index (χ2n) is 7.80. The second kappa shape index (κ2) is 7.87. The molecule has 6 heteroatoms. The Morgan fingerprint density at radius 2 is 1.94 bits per heavy atom. The van der Waals surface area contributed by atoms with E-state index in [0.29, 0.717) is 23.9 Å². The van der Waals surface area contributed by atoms with Crippen LogP contribution in [0.5, 0.6) is 5.75 Å². The number of benzene rings is 2. The Bertz CT molecular complexity index is 1210. The van der Waals surface area contributed by atoms with Gasteiger partial charge >= 0.3 is 11.9 Å². The number of hydrogen-bond acceptors (Lipinski definition) is 6. The van der Waals surface area contributed by atoms with Crippen molar-refractivity contribution < 1.29 is 24.2 Å². The zero-order valence-corrected chi connectivity index (χ0v) is 16.8. The molecule has 1 aliphatic carbocycles. The molecular formula is C25H21NO5. The highest BCUT2D eigenvalue weighted by Gasteiger charge is 2.33. The van der Waals surface area contributed by atoms with Crippen LogP contribution in [0, 0.1) is 0 Å². The first-order valence-corrected chi connectivity index (χ1v) is 10.4. The van der Waals surface area contributed by atoms with E-state index in [-0.39, 0.29) is 12.4 Å². The molecule has 3 aromatic rings. The Kier molecular flexibility index (Phi) is 4.90. The van der Waals surface area contributed by atoms with E-state index in [2.05, 4.69) is 0 Å². The van der Waals surface area contributed by atoms with Gasteiger partial charge < -0.3 is 14.6 Å². The fraction of sp³-hybridized carbons (Fsp3) is 0.240. The summed E-state index contributed by atoms with van der Waals surface area (Å²) in [5.41, 5.74) is 4.82. The molecule has 1 aliphatic heterocycles. The number of phenols is 1. The van der Waals surface area contributed by atoms with Crippen LogP contribution < -0.4 is 0 Å². The Hall–Kier alpha value is -3.67. The molecule has 6 nitrogen and oxygen atoms in total. The van der Waals surface area contributed by atoms with Gasteiger partial charge in [0, 0.05) is 11.8 Å². The summed E-state index contributed by atoms with van der Waals surface area (Å²) < 4.78 is 10.5. The summed E-state index contributed by atoms with van der Waals surface area (Å²) in [5, 5.41) is 10.3. The minimum atomic E-state index is -0.856. The van der Waals surface area contributed by atoms with Crippen molar-refractivity contribution in [3.05, 3.63) is 70.9 Å². The lowest BCUT2D eigenvalue weighted by Gasteiger charge is -2.23. The van der Waals surface area contributed by atoms with Crippen molar-refractivity contribution in [3.8, 4) is 5.75 Å². The van der Waals surface area contributed by atoms with Crippen LogP contribution in [0.3, 0.4) is 0 Å². The molecule has 1 atom stereocenters. The highest BCUT2D eigenvalue weighted by atomic mass is 16.6. The summed E-state index contributed by atoms with van der Waals surface area (Å²) in [5.74, 6) is -0.788. The fourth-order valence-electron chi connectivity index (χ4n) is 4.25. The first-order chi connectivity index (χ1) is 15.1. The number of nitrogens with zero attached hydrogens (tertiary/aromatic N) is 1. The van der Waals surface area contributed by atoms with Crippen LogP contribution in [-0.2, 0) is 20.7 Å². The van der Waals surface area contributed by atoms with Gasteiger partial charge in [0.05, 0.1) is 23.4 Å². The Morgan fingerprint density at radius 3 is 2.71 bits per heavy atom. The smallest absolute Gasteiger partial charge is 0.347 e. The van der Waals surface area contributed by atoms with E-state index in [9.17, 15) is 14.7 Å². The van der Waals surface area contributed by atoms with Gasteiger partial charge in [0.15, 0.2) is 0 Å². The molecule has 5 rings (SSSR count). The summed E-state index contributed by atoms with van der Waals surface area (Å²) in [6, 6.07) is 14.5. The second-order valence-corrected chi connectivity index (χ2v) is 7.80. The van der Waals surface area contributed by atoms with E-state index in [4.69, 9.17) is 14.5 Å². The number of pyridine rings is 1. The van der Waals surface area contributed by atoms with Crippen molar-refractivity contribution in [2.45, 2.75) is 31.8 Å². The standard InChI is InChI=1S/C25H21NO5/c27-17-10-8-15(9-11-17)14-16-4-3-6-19-22(25(29)31-21-12-13-30-24(21)28)18-5-1-2-7-20(18)26-23(16)19/h1-2,5,7-11,14,21,27H,3-4,6,12-13H2. The summed E-state index contributed by atoms with van der Waals surface area (Å²) in [7, 11) is 0. The number of phenolic OH excluding ortho intramolecular Hbond substituents is 1. The van der Waals surface area contributed by atoms with Crippen molar-refractivity contribution in [2.75, 3.05) is 6.61 Å². The molecule has 0 saturated carbocycles. The van der Waals surface area contributed by atoms with Gasteiger partial charge in [0.25, 0.3) is 0 Å². The molecule has 0 bridgehead atoms. The SMILES string of the molecule is O=C(OC1CCOC1=O)c1c2c(nc3ccccc13)C(=Cc1ccc(O)cc1)CCC2. The van der Waals surface area contributed by atoms with Crippen molar-refractivity contribution in [2.24, 2.45) is 0 Å². The first-order valence-electron chi connectivity index (χ1n) is 10.4. The largest absolute Gasteiger partial charge is 0.508 e. The minimum absolute atomic E-state index is 0.214. The van der Waals surface area contributed by atoms with E-state index in [1.165, 1.54) is 0 Å². The van der Waals surface area contributed by atoms with Crippen LogP contribution in [0.25, 0.3) is 22.6 Å². The van der Waals surface area contributed by atoms with Crippen LogP contribution in [0.4, 0.5) is 0 Å². The van der Waals surface area contributed by atoms with E-state index >= 15 is 0 Å². The summed E-state index contributed by atoms with van der Waals surface area (Å²) in [6.07, 6.45) is 3.99. The molecule has 31 heavy (non-hydrogen) atoms. The minimum Gasteiger partial charge on any atom is -0.508 e. The van der Waals surface area contributed by atoms with E-state index < -0.39 is 18.0 Å². The van der Waals surface area contributed by atoms with Gasteiger partial charge in [-0.2, -0.15) is 0 Å². The highest BCUT2D eigenvalue weighted by Crippen LogP contribution is 2.36. The summed E-state index contributed by atoms with van der Waals surface area (Å²) in [4.78, 5) is 29.9. The molecule has 1 fully saturated rings. The van der Waals surface area contributed by atoms with E-state index in [0.717, 1.165) is 40.6 Å². The predicted molar refractivity (Wildman–Crippen MR) is 115 cm³/mol. The number of fused-ring (bicyclic) bond motifs is 2. The Balaban J connectivity index is 1.63. The molecule has 0 spiro atoms. The summed E-state index contributed by atoms with van der Waals surface area (Å²) in [6.45, 7) is 0.269. The molecule has 0 amide bonds. The Morgan fingerprint density at radius 1 is 1.13 bits per heavy atom. The van der Waals surface area contributed by atoms with Crippen molar-refractivity contribution in [1.82, 2.24) is 4.98 Å². The molecule has 1 aromatic heterocycles. The van der Waals surface area contributed by atoms with Gasteiger partial charge in [-0.3, -0.25) is 0 Å². The number of carbonyl (C=O) groups is 2. The number of carbonyl (C=O) groups excluding carboxylic acids is 2. The molecule has 156 valence electrons. The number of hydrogen-bond donors (Lipinski definition) is 1. The number of aromatic hydroxyl groups is 1. The number of aromatic nitrogens is 1. The molecule has 1 unspecified atom stereocenters. The highest BCUT2D eigenvalue weighted by molar-refractivity contribution is 6.07. The van der Waals surface area contributed by atoms with E-state index in [1.54, 1.807) is 12.1 Å². The van der Waals surface area contributed by atoms with E-state index in [1.807, 2.05) is 42.5 Å². The number of rotatable bonds is 3. The van der Waals surface area contributed by atoms with Gasteiger partial charge in [0.2, 0.25) is 6.10 Å². The lowest BCUT2D eigenvalue weighted by molar-refractivity contribution is -0.145. The third-order valence-corrected chi connectivity index (χ3v) is 5.74. The van der Waals surface area contributed by atoms with Gasteiger partial charge in [-0.05, 0) is 60.2 Å². The van der Waals surface area contributed by atoms with Gasteiger partial charge in [-0.25, -0.2) is 14.6 Å². The molecule has 2 aromatic carbocycles. The maximum Gasteiger partial charge on any atom is 0.347 e. The molecular weight excluding hydrogens is 394 g/mol. The van der Waals surface area contributed by atoms with Gasteiger partial charge in [-0.15, -0.1) is 0 Å². The monoisotopic (exact) mass is 415 g/mol. The zero-order valence-electron chi connectivity index (χ0n) is 16.8. The number of cyclic esters (lactones) is 1. The van der Waals surface area contributed by atoms with Crippen LogP contribution in [-0.4, -0.2) is 34.7 Å². The van der Waals surface area contributed by atoms with Crippen LogP contribution in [0.1, 0.15) is 46.4 Å². The maximum atomic E-state index is 13.2. The molecule has 1 saturated heterocycles. The van der Waals surface area contributed by atoms with Gasteiger partial charge in [-0.1, -0.05) is 30.3 Å². The average Bonchev–Trinajstić information content (AvgIpc) is 3.18. The van der Waals surface area contributed by atoms with Crippen LogP contribution >= 0.6 is 0 Å². The third-order valence-electron chi connectivity index (χ3n) is 5.74. The fourth-order valence-corrected chi connectivity index (χ4v) is 4.25. The number of para-hydroxylation sites is 1. The summed E-state index contributed by atoms with van der Waals surface area (Å²) >= 11 is 0. The topological polar surface area (TPSA) is 85.7 Å². The molecule has 2 heterocycles. The van der Waals surface area contributed by atoms with Crippen LogP contribution in [0.15, 0.2) is 48.5 Å². The Labute approximate surface area is 179 Å².